The Labute approximate surface area is 365 Å². The van der Waals surface area contributed by atoms with E-state index in [-0.39, 0.29) is 25.9 Å². The zero-order chi connectivity index (χ0) is 48.2. The maximum absolute atomic E-state index is 13.5. The molecule has 3 rings (SSSR count). The number of nitrogens with one attached hydrogen (secondary N) is 6. The summed E-state index contributed by atoms with van der Waals surface area (Å²) in [5, 5.41) is 79.2. The summed E-state index contributed by atoms with van der Waals surface area (Å²) in [6.07, 6.45) is -13.8. The van der Waals surface area contributed by atoms with Crippen LogP contribution in [0.5, 0.6) is 0 Å². The van der Waals surface area contributed by atoms with E-state index in [9.17, 15) is 73.8 Å². The topological polar surface area (TPSA) is 429 Å². The number of aliphatic carboxylic acids is 3. The summed E-state index contributed by atoms with van der Waals surface area (Å²) in [5.41, 5.74) is 3.40. The molecule has 0 aromatic rings. The van der Waals surface area contributed by atoms with E-state index in [0.717, 1.165) is 13.8 Å². The molecule has 362 valence electrons. The van der Waals surface area contributed by atoms with E-state index in [4.69, 9.17) is 23.7 Å². The summed E-state index contributed by atoms with van der Waals surface area (Å²) < 4.78 is 29.6. The first-order chi connectivity index (χ1) is 29.9. The summed E-state index contributed by atoms with van der Waals surface area (Å²) >= 11 is 0. The van der Waals surface area contributed by atoms with Gasteiger partial charge in [0.15, 0.2) is 12.6 Å². The summed E-state index contributed by atoms with van der Waals surface area (Å²) in [4.78, 5) is 111. The van der Waals surface area contributed by atoms with Gasteiger partial charge in [0.25, 0.3) is 0 Å². The van der Waals surface area contributed by atoms with Crippen LogP contribution in [-0.4, -0.2) is 179 Å². The van der Waals surface area contributed by atoms with E-state index >= 15 is 0 Å². The molecule has 12 N–H and O–H groups in total. The number of carbonyl (C=O) groups is 9. The Morgan fingerprint density at radius 3 is 1.92 bits per heavy atom. The molecule has 3 saturated heterocycles. The average molecular weight is 920 g/mol. The van der Waals surface area contributed by atoms with Gasteiger partial charge >= 0.3 is 0 Å². The Morgan fingerprint density at radius 1 is 0.719 bits per heavy atom. The van der Waals surface area contributed by atoms with Gasteiger partial charge in [0.2, 0.25) is 35.4 Å². The zero-order valence-corrected chi connectivity index (χ0v) is 35.7. The summed E-state index contributed by atoms with van der Waals surface area (Å²) in [6, 6.07) is -9.82. The highest BCUT2D eigenvalue weighted by molar-refractivity contribution is 5.92. The lowest BCUT2D eigenvalue weighted by Crippen LogP contribution is -2.68. The minimum Gasteiger partial charge on any atom is -0.548 e. The number of rotatable bonds is 24. The molecular weight excluding hydrogens is 862 g/mol. The van der Waals surface area contributed by atoms with Gasteiger partial charge < -0.3 is 106 Å². The Morgan fingerprint density at radius 2 is 1.34 bits per heavy atom. The molecule has 0 saturated carbocycles. The van der Waals surface area contributed by atoms with E-state index in [1.807, 2.05) is 0 Å². The van der Waals surface area contributed by atoms with Gasteiger partial charge in [0.1, 0.15) is 72.9 Å². The number of hydrogen-bond acceptors (Lipinski definition) is 20. The largest absolute Gasteiger partial charge is 0.548 e. The van der Waals surface area contributed by atoms with Crippen molar-refractivity contribution in [1.82, 2.24) is 31.9 Å². The smallest absolute Gasteiger partial charge is 0.249 e. The lowest BCUT2D eigenvalue weighted by Gasteiger charge is -2.47. The van der Waals surface area contributed by atoms with Gasteiger partial charge in [0, 0.05) is 26.7 Å². The number of carboxylic acids is 3. The van der Waals surface area contributed by atoms with Gasteiger partial charge in [-0.05, 0) is 40.0 Å². The van der Waals surface area contributed by atoms with E-state index in [2.05, 4.69) is 37.6 Å². The third-order valence-corrected chi connectivity index (χ3v) is 10.5. The molecule has 3 fully saturated rings. The van der Waals surface area contributed by atoms with Crippen LogP contribution in [-0.2, 0) is 66.8 Å². The van der Waals surface area contributed by atoms with Crippen LogP contribution >= 0.6 is 0 Å². The molecule has 2 bridgehead atoms. The number of aliphatic hydroxyl groups excluding tert-OH is 3. The molecule has 3 heterocycles. The van der Waals surface area contributed by atoms with Crippen LogP contribution in [0.1, 0.15) is 66.7 Å². The first-order valence-corrected chi connectivity index (χ1v) is 20.4. The Hall–Kier alpha value is -5.13. The quantitative estimate of drug-likeness (QED) is 0.0430. The van der Waals surface area contributed by atoms with Crippen LogP contribution < -0.4 is 53.0 Å². The molecule has 0 radical (unpaired) electrons. The van der Waals surface area contributed by atoms with Crippen molar-refractivity contribution >= 4 is 53.4 Å². The molecule has 64 heavy (non-hydrogen) atoms. The lowest BCUT2D eigenvalue weighted by molar-refractivity contribution is -0.438. The number of carboxylic acid groups (broad SMARTS) is 3. The van der Waals surface area contributed by atoms with Crippen LogP contribution in [0.25, 0.3) is 0 Å². The molecular formula is C37H57N7O20-2. The fourth-order valence-electron chi connectivity index (χ4n) is 6.93. The second-order valence-electron chi connectivity index (χ2n) is 15.6. The molecule has 0 aliphatic carbocycles. The molecule has 16 atom stereocenters. The zero-order valence-electron chi connectivity index (χ0n) is 35.7. The summed E-state index contributed by atoms with van der Waals surface area (Å²) in [7, 11) is 0. The third-order valence-electron chi connectivity index (χ3n) is 10.5. The van der Waals surface area contributed by atoms with Gasteiger partial charge in [-0.15, -0.1) is 0 Å². The molecule has 27 nitrogen and oxygen atoms in total. The van der Waals surface area contributed by atoms with Crippen molar-refractivity contribution in [2.75, 3.05) is 13.2 Å². The van der Waals surface area contributed by atoms with Crippen molar-refractivity contribution in [1.29, 1.82) is 0 Å². The van der Waals surface area contributed by atoms with E-state index in [0.29, 0.717) is 0 Å². The average Bonchev–Trinajstić information content (AvgIpc) is 3.66. The van der Waals surface area contributed by atoms with Crippen LogP contribution in [0.3, 0.4) is 0 Å². The molecule has 0 unspecified atom stereocenters. The minimum absolute atomic E-state index is 0.0261. The Kier molecular flexibility index (Phi) is 20.2. The Bertz CT molecular complexity index is 1710. The SMILES string of the molecule is CC(=O)N[C@H]1[C@H](O[C@H]2[C@H](O[C@H](C)C(=O)N[C@@H](C)C(=O)N[C@H](CCC(=O)N[C@@H](CCC[C@@H]([NH3+])C(=O)[O-])C(=O)N[C@H](C)C(=O)[O-])C(=O)[O-])[C@@H](NC(C)=O)[C@@H]3OC[C@H]2O3)O[C@H](CO)[C@@H](O)[C@@H]1O. The molecule has 0 spiro atoms. The second kappa shape index (κ2) is 24.2. The van der Waals surface area contributed by atoms with Gasteiger partial charge in [-0.3, -0.25) is 28.8 Å². The van der Waals surface area contributed by atoms with Crippen LogP contribution in [0.4, 0.5) is 0 Å². The van der Waals surface area contributed by atoms with Crippen LogP contribution in [0.2, 0.25) is 0 Å². The van der Waals surface area contributed by atoms with Crippen molar-refractivity contribution < 1.29 is 103 Å². The number of quaternary nitrogens is 1. The van der Waals surface area contributed by atoms with E-state index < -0.39 is 170 Å². The number of fused-ring (bicyclic) bond motifs is 2. The number of ether oxygens (including phenoxy) is 5. The van der Waals surface area contributed by atoms with Crippen molar-refractivity contribution in [3.63, 3.8) is 0 Å². The molecule has 27 heteroatoms. The maximum atomic E-state index is 13.5. The van der Waals surface area contributed by atoms with Gasteiger partial charge in [0.05, 0.1) is 43.2 Å². The van der Waals surface area contributed by atoms with Crippen molar-refractivity contribution in [2.24, 2.45) is 0 Å². The first-order valence-electron chi connectivity index (χ1n) is 20.4. The molecule has 0 aromatic heterocycles. The maximum Gasteiger partial charge on any atom is 0.249 e. The minimum atomic E-state index is -1.82. The number of hydrogen-bond donors (Lipinski definition) is 10. The molecule has 6 amide bonds. The van der Waals surface area contributed by atoms with Crippen LogP contribution in [0.15, 0.2) is 0 Å². The van der Waals surface area contributed by atoms with Gasteiger partial charge in [-0.2, -0.15) is 0 Å². The predicted molar refractivity (Wildman–Crippen MR) is 201 cm³/mol. The fourth-order valence-corrected chi connectivity index (χ4v) is 6.93. The highest BCUT2D eigenvalue weighted by Gasteiger charge is 2.56. The van der Waals surface area contributed by atoms with Crippen molar-refractivity contribution in [2.45, 2.75) is 164 Å². The van der Waals surface area contributed by atoms with E-state index in [1.54, 1.807) is 0 Å². The van der Waals surface area contributed by atoms with Gasteiger partial charge in [-0.1, -0.05) is 0 Å². The summed E-state index contributed by atoms with van der Waals surface area (Å²) in [6.45, 7) is 5.00. The van der Waals surface area contributed by atoms with Crippen molar-refractivity contribution in [3.05, 3.63) is 0 Å². The van der Waals surface area contributed by atoms with Crippen LogP contribution in [0, 0.1) is 0 Å². The predicted octanol–water partition coefficient (Wildman–Crippen LogP) is -10.9. The summed E-state index contributed by atoms with van der Waals surface area (Å²) in [5.74, 6) is -9.97. The number of aliphatic hydroxyl groups is 3. The molecule has 3 aliphatic heterocycles. The monoisotopic (exact) mass is 919 g/mol. The van der Waals surface area contributed by atoms with Crippen molar-refractivity contribution in [3.8, 4) is 0 Å². The second-order valence-corrected chi connectivity index (χ2v) is 15.6. The normalized spacial score (nSPS) is 29.0. The Balaban J connectivity index is 1.69. The number of amides is 6. The van der Waals surface area contributed by atoms with Gasteiger partial charge in [-0.25, -0.2) is 0 Å². The fraction of sp³-hybridized carbons (Fsp3) is 0.757. The standard InChI is InChI=1S/C37H59N7O20/c1-13(30(51)44-20(35(58)59)9-10-23(48)43-19(8-6-7-18(38)34(56)57)32(53)40-14(2)33(54)55)39-31(52)15(3)61-29-25(42-17(5)47)36-60-12-22(63-36)28(29)64-37-24(41-16(4)46)27(50)26(49)21(11-45)62-37/h13-15,18-22,24-29,36-37,45,49-50H,6-12,38H2,1-5H3,(H,39,52)(H,40,53)(H,41,46)(H,42,47)(H,43,48)(H,44,51)(H,54,55)(H,56,57)(H,58,59)/p-2/t13-,14+,15+,18+,19-,20+,21+,22+,24+,25+,26+,27+,28+,29+,36+,37-/m0/s1. The lowest BCUT2D eigenvalue weighted by atomic mass is 9.95. The third kappa shape index (κ3) is 15.0. The first kappa shape index (κ1) is 53.2. The highest BCUT2D eigenvalue weighted by Crippen LogP contribution is 2.35. The highest BCUT2D eigenvalue weighted by atomic mass is 16.8. The molecule has 0 aromatic carbocycles. The van der Waals surface area contributed by atoms with E-state index in [1.165, 1.54) is 20.8 Å². The number of carbonyl (C=O) groups excluding carboxylic acids is 9. The molecule has 3 aliphatic rings.